The zero-order valence-corrected chi connectivity index (χ0v) is 5.22. The molecule has 1 saturated carbocycles. The molecule has 48 valence electrons. The molecule has 0 radical (unpaired) electrons. The number of aliphatic hydroxyl groups excluding tert-OH is 1. The van der Waals surface area contributed by atoms with Crippen LogP contribution in [0.15, 0.2) is 0 Å². The summed E-state index contributed by atoms with van der Waals surface area (Å²) in [6.07, 6.45) is 2.17. The molecular formula is C6H13NO. The summed E-state index contributed by atoms with van der Waals surface area (Å²) in [5, 5.41) is 8.64. The van der Waals surface area contributed by atoms with Crippen LogP contribution in [0.3, 0.4) is 0 Å². The monoisotopic (exact) mass is 115 g/mol. The van der Waals surface area contributed by atoms with Gasteiger partial charge in [-0.15, -0.1) is 0 Å². The van der Waals surface area contributed by atoms with Crippen molar-refractivity contribution in [3.63, 3.8) is 0 Å². The summed E-state index contributed by atoms with van der Waals surface area (Å²) in [5.74, 6) is 0.363. The number of aliphatic hydroxyl groups is 1. The number of nitrogens with two attached hydrogens (primary N) is 1. The minimum atomic E-state index is -0.0608. The third-order valence-electron chi connectivity index (χ3n) is 2.18. The molecule has 1 fully saturated rings. The summed E-state index contributed by atoms with van der Waals surface area (Å²) in [4.78, 5) is 0. The summed E-state index contributed by atoms with van der Waals surface area (Å²) in [6, 6.07) is 0. The van der Waals surface area contributed by atoms with Gasteiger partial charge in [0.05, 0.1) is 0 Å². The van der Waals surface area contributed by atoms with Crippen molar-refractivity contribution in [2.45, 2.75) is 25.3 Å². The van der Waals surface area contributed by atoms with Crippen molar-refractivity contribution in [1.29, 1.82) is 0 Å². The smallest absolute Gasteiger partial charge is 0.0476 e. The quantitative estimate of drug-likeness (QED) is 0.509. The molecule has 1 rings (SSSR count). The van der Waals surface area contributed by atoms with Crippen molar-refractivity contribution in [1.82, 2.24) is 0 Å². The number of hydrogen-bond acceptors (Lipinski definition) is 2. The average molecular weight is 115 g/mol. The van der Waals surface area contributed by atoms with E-state index in [4.69, 9.17) is 10.8 Å². The van der Waals surface area contributed by atoms with Crippen molar-refractivity contribution in [3.8, 4) is 0 Å². The van der Waals surface area contributed by atoms with Crippen LogP contribution in [0.1, 0.15) is 19.8 Å². The van der Waals surface area contributed by atoms with Gasteiger partial charge in [-0.25, -0.2) is 0 Å². The lowest BCUT2D eigenvalue weighted by Crippen LogP contribution is -2.53. The number of rotatable bonds is 1. The van der Waals surface area contributed by atoms with Crippen LogP contribution in [0.25, 0.3) is 0 Å². The Hall–Kier alpha value is -0.0800. The van der Waals surface area contributed by atoms with Gasteiger partial charge in [0, 0.05) is 12.1 Å². The largest absolute Gasteiger partial charge is 0.396 e. The molecule has 3 N–H and O–H groups in total. The molecule has 2 atom stereocenters. The Morgan fingerprint density at radius 1 is 1.88 bits per heavy atom. The fourth-order valence-corrected chi connectivity index (χ4v) is 1.10. The first-order valence-corrected chi connectivity index (χ1v) is 3.06. The lowest BCUT2D eigenvalue weighted by molar-refractivity contribution is 0.0750. The van der Waals surface area contributed by atoms with Crippen LogP contribution >= 0.6 is 0 Å². The Balaban J connectivity index is 2.37. The first-order chi connectivity index (χ1) is 3.67. The molecule has 0 spiro atoms. The Kier molecular flexibility index (Phi) is 1.29. The predicted molar refractivity (Wildman–Crippen MR) is 32.4 cm³/mol. The molecule has 0 aromatic carbocycles. The Morgan fingerprint density at radius 3 is 2.50 bits per heavy atom. The van der Waals surface area contributed by atoms with E-state index in [1.165, 1.54) is 0 Å². The van der Waals surface area contributed by atoms with Gasteiger partial charge in [-0.05, 0) is 25.7 Å². The van der Waals surface area contributed by atoms with E-state index in [1.54, 1.807) is 0 Å². The minimum absolute atomic E-state index is 0.0608. The van der Waals surface area contributed by atoms with Gasteiger partial charge in [0.2, 0.25) is 0 Å². The van der Waals surface area contributed by atoms with Gasteiger partial charge in [-0.1, -0.05) is 0 Å². The number of hydrogen-bond donors (Lipinski definition) is 2. The molecule has 1 aliphatic rings. The maximum absolute atomic E-state index is 8.64. The van der Waals surface area contributed by atoms with Crippen molar-refractivity contribution < 1.29 is 5.11 Å². The third-order valence-corrected chi connectivity index (χ3v) is 2.18. The van der Waals surface area contributed by atoms with E-state index in [2.05, 4.69) is 0 Å². The Bertz CT molecular complexity index is 88.5. The van der Waals surface area contributed by atoms with Crippen molar-refractivity contribution in [2.24, 2.45) is 11.7 Å². The SMILES string of the molecule is CC1(N)CCC1CO. The summed E-state index contributed by atoms with van der Waals surface area (Å²) in [5.41, 5.74) is 5.66. The predicted octanol–water partition coefficient (Wildman–Crippen LogP) is 0.106. The first-order valence-electron chi connectivity index (χ1n) is 3.06. The van der Waals surface area contributed by atoms with Crippen molar-refractivity contribution >= 4 is 0 Å². The van der Waals surface area contributed by atoms with E-state index in [0.29, 0.717) is 5.92 Å². The molecule has 0 bridgehead atoms. The molecule has 1 aliphatic carbocycles. The molecule has 2 nitrogen and oxygen atoms in total. The molecular weight excluding hydrogens is 102 g/mol. The van der Waals surface area contributed by atoms with Gasteiger partial charge >= 0.3 is 0 Å². The molecule has 2 heteroatoms. The van der Waals surface area contributed by atoms with E-state index < -0.39 is 0 Å². The van der Waals surface area contributed by atoms with Crippen LogP contribution in [0.2, 0.25) is 0 Å². The lowest BCUT2D eigenvalue weighted by Gasteiger charge is -2.43. The highest BCUT2D eigenvalue weighted by atomic mass is 16.3. The van der Waals surface area contributed by atoms with Gasteiger partial charge < -0.3 is 10.8 Å². The first kappa shape index (κ1) is 6.05. The topological polar surface area (TPSA) is 46.2 Å². The molecule has 0 saturated heterocycles. The van der Waals surface area contributed by atoms with Gasteiger partial charge in [0.15, 0.2) is 0 Å². The van der Waals surface area contributed by atoms with Crippen LogP contribution in [0, 0.1) is 5.92 Å². The van der Waals surface area contributed by atoms with E-state index in [-0.39, 0.29) is 12.1 Å². The molecule has 0 amide bonds. The molecule has 2 unspecified atom stereocenters. The van der Waals surface area contributed by atoms with Crippen LogP contribution < -0.4 is 5.73 Å². The second kappa shape index (κ2) is 1.71. The second-order valence-electron chi connectivity index (χ2n) is 2.92. The summed E-state index contributed by atoms with van der Waals surface area (Å²) in [7, 11) is 0. The second-order valence-corrected chi connectivity index (χ2v) is 2.92. The Labute approximate surface area is 49.7 Å². The lowest BCUT2D eigenvalue weighted by atomic mass is 9.69. The van der Waals surface area contributed by atoms with Gasteiger partial charge in [-0.3, -0.25) is 0 Å². The molecule has 0 aromatic heterocycles. The molecule has 0 aromatic rings. The molecule has 0 aliphatic heterocycles. The van der Waals surface area contributed by atoms with Crippen molar-refractivity contribution in [2.75, 3.05) is 6.61 Å². The van der Waals surface area contributed by atoms with Crippen molar-refractivity contribution in [3.05, 3.63) is 0 Å². The standard InChI is InChI=1S/C6H13NO/c1-6(7)3-2-5(6)4-8/h5,8H,2-4,7H2,1H3. The Morgan fingerprint density at radius 2 is 2.50 bits per heavy atom. The maximum Gasteiger partial charge on any atom is 0.0476 e. The van der Waals surface area contributed by atoms with Crippen LogP contribution in [-0.4, -0.2) is 17.3 Å². The zero-order chi connectivity index (χ0) is 6.20. The summed E-state index contributed by atoms with van der Waals surface area (Å²) in [6.45, 7) is 2.25. The highest BCUT2D eigenvalue weighted by Gasteiger charge is 2.38. The maximum atomic E-state index is 8.64. The van der Waals surface area contributed by atoms with Crippen LogP contribution in [0.5, 0.6) is 0 Å². The fraction of sp³-hybridized carbons (Fsp3) is 1.00. The van der Waals surface area contributed by atoms with E-state index in [0.717, 1.165) is 12.8 Å². The van der Waals surface area contributed by atoms with Crippen LogP contribution in [0.4, 0.5) is 0 Å². The fourth-order valence-electron chi connectivity index (χ4n) is 1.10. The van der Waals surface area contributed by atoms with Gasteiger partial charge in [-0.2, -0.15) is 0 Å². The summed E-state index contributed by atoms with van der Waals surface area (Å²) < 4.78 is 0. The van der Waals surface area contributed by atoms with E-state index in [1.807, 2.05) is 6.92 Å². The molecule has 8 heavy (non-hydrogen) atoms. The third kappa shape index (κ3) is 0.740. The van der Waals surface area contributed by atoms with Gasteiger partial charge in [0.1, 0.15) is 0 Å². The van der Waals surface area contributed by atoms with Gasteiger partial charge in [0.25, 0.3) is 0 Å². The van der Waals surface area contributed by atoms with Crippen LogP contribution in [-0.2, 0) is 0 Å². The van der Waals surface area contributed by atoms with E-state index >= 15 is 0 Å². The normalized spacial score (nSPS) is 46.1. The highest BCUT2D eigenvalue weighted by molar-refractivity contribution is 4.95. The summed E-state index contributed by atoms with van der Waals surface area (Å²) >= 11 is 0. The highest BCUT2D eigenvalue weighted by Crippen LogP contribution is 2.34. The zero-order valence-electron chi connectivity index (χ0n) is 5.22. The average Bonchev–Trinajstić information content (AvgIpc) is 1.66. The van der Waals surface area contributed by atoms with E-state index in [9.17, 15) is 0 Å². The molecule has 0 heterocycles. The minimum Gasteiger partial charge on any atom is -0.396 e.